The van der Waals surface area contributed by atoms with Gasteiger partial charge in [0.2, 0.25) is 5.91 Å². The van der Waals surface area contributed by atoms with Crippen LogP contribution in [0.3, 0.4) is 0 Å². The molecular formula is C15H22N2O3S. The quantitative estimate of drug-likeness (QED) is 0.746. The molecule has 0 saturated heterocycles. The smallest absolute Gasteiger partial charge is 0.252 e. The van der Waals surface area contributed by atoms with E-state index < -0.39 is 0 Å². The van der Waals surface area contributed by atoms with Crippen molar-refractivity contribution in [2.45, 2.75) is 38.6 Å². The van der Waals surface area contributed by atoms with Gasteiger partial charge in [-0.25, -0.2) is 0 Å². The molecule has 0 radical (unpaired) electrons. The van der Waals surface area contributed by atoms with Crippen LogP contribution < -0.4 is 10.6 Å². The van der Waals surface area contributed by atoms with Crippen molar-refractivity contribution >= 4 is 23.2 Å². The Labute approximate surface area is 128 Å². The maximum Gasteiger partial charge on any atom is 0.252 e. The summed E-state index contributed by atoms with van der Waals surface area (Å²) in [7, 11) is 0. The molecule has 2 rings (SSSR count). The van der Waals surface area contributed by atoms with Gasteiger partial charge in [0.25, 0.3) is 5.91 Å². The predicted octanol–water partition coefficient (Wildman–Crippen LogP) is 1.54. The SMILES string of the molecule is CC1(CO)CCCC1NC(=O)CCNC(=O)c1ccsc1. The summed E-state index contributed by atoms with van der Waals surface area (Å²) >= 11 is 1.47. The Kier molecular flexibility index (Phi) is 5.36. The van der Waals surface area contributed by atoms with Crippen LogP contribution in [-0.2, 0) is 4.79 Å². The van der Waals surface area contributed by atoms with E-state index >= 15 is 0 Å². The number of nitrogens with one attached hydrogen (secondary N) is 2. The third-order valence-electron chi connectivity index (χ3n) is 4.20. The van der Waals surface area contributed by atoms with Gasteiger partial charge >= 0.3 is 0 Å². The maximum atomic E-state index is 11.9. The molecule has 0 aliphatic heterocycles. The number of aliphatic hydroxyl groups is 1. The van der Waals surface area contributed by atoms with Crippen molar-refractivity contribution in [1.82, 2.24) is 10.6 Å². The number of thiophene rings is 1. The predicted molar refractivity (Wildman–Crippen MR) is 82.2 cm³/mol. The molecule has 116 valence electrons. The summed E-state index contributed by atoms with van der Waals surface area (Å²) in [5.41, 5.74) is 0.416. The van der Waals surface area contributed by atoms with Gasteiger partial charge < -0.3 is 15.7 Å². The molecule has 2 amide bonds. The highest BCUT2D eigenvalue weighted by Crippen LogP contribution is 2.37. The van der Waals surface area contributed by atoms with E-state index in [1.807, 2.05) is 12.3 Å². The molecule has 0 bridgehead atoms. The van der Waals surface area contributed by atoms with Crippen molar-refractivity contribution in [3.05, 3.63) is 22.4 Å². The Hall–Kier alpha value is -1.40. The number of aliphatic hydroxyl groups excluding tert-OH is 1. The van der Waals surface area contributed by atoms with E-state index in [0.29, 0.717) is 12.1 Å². The lowest BCUT2D eigenvalue weighted by Gasteiger charge is -2.30. The van der Waals surface area contributed by atoms with Gasteiger partial charge in [-0.3, -0.25) is 9.59 Å². The number of carbonyl (C=O) groups excluding carboxylic acids is 2. The van der Waals surface area contributed by atoms with E-state index in [2.05, 4.69) is 10.6 Å². The Morgan fingerprint density at radius 3 is 3.00 bits per heavy atom. The molecule has 1 aromatic heterocycles. The fourth-order valence-electron chi connectivity index (χ4n) is 2.72. The van der Waals surface area contributed by atoms with Crippen molar-refractivity contribution in [2.24, 2.45) is 5.41 Å². The molecule has 3 N–H and O–H groups in total. The summed E-state index contributed by atoms with van der Waals surface area (Å²) < 4.78 is 0. The molecule has 2 atom stereocenters. The van der Waals surface area contributed by atoms with Gasteiger partial charge in [0.15, 0.2) is 0 Å². The number of rotatable bonds is 6. The van der Waals surface area contributed by atoms with E-state index in [4.69, 9.17) is 0 Å². The molecular weight excluding hydrogens is 288 g/mol. The zero-order valence-electron chi connectivity index (χ0n) is 12.2. The average Bonchev–Trinajstić information content (AvgIpc) is 3.10. The minimum atomic E-state index is -0.213. The fraction of sp³-hybridized carbons (Fsp3) is 0.600. The molecule has 1 aromatic rings. The molecule has 1 fully saturated rings. The summed E-state index contributed by atoms with van der Waals surface area (Å²) in [4.78, 5) is 23.6. The van der Waals surface area contributed by atoms with Gasteiger partial charge in [0.1, 0.15) is 0 Å². The first-order valence-electron chi connectivity index (χ1n) is 7.26. The molecule has 6 heteroatoms. The van der Waals surface area contributed by atoms with Gasteiger partial charge in [-0.2, -0.15) is 11.3 Å². The minimum absolute atomic E-state index is 0.0302. The summed E-state index contributed by atoms with van der Waals surface area (Å²) in [6, 6.07) is 1.79. The molecule has 0 aromatic carbocycles. The van der Waals surface area contributed by atoms with Crippen LogP contribution in [0.1, 0.15) is 43.0 Å². The highest BCUT2D eigenvalue weighted by atomic mass is 32.1. The van der Waals surface area contributed by atoms with E-state index in [-0.39, 0.29) is 36.3 Å². The number of carbonyl (C=O) groups is 2. The Morgan fingerprint density at radius 2 is 2.33 bits per heavy atom. The standard InChI is InChI=1S/C15H22N2O3S/c1-15(10-18)6-2-3-12(15)17-13(19)4-7-16-14(20)11-5-8-21-9-11/h5,8-9,12,18H,2-4,6-7,10H2,1H3,(H,16,20)(H,17,19). The average molecular weight is 310 g/mol. The van der Waals surface area contributed by atoms with Crippen LogP contribution in [0.15, 0.2) is 16.8 Å². The van der Waals surface area contributed by atoms with Crippen LogP contribution >= 0.6 is 11.3 Å². The van der Waals surface area contributed by atoms with Crippen LogP contribution in [0, 0.1) is 5.41 Å². The normalized spacial score (nSPS) is 24.8. The Morgan fingerprint density at radius 1 is 1.52 bits per heavy atom. The van der Waals surface area contributed by atoms with Crippen LogP contribution in [0.25, 0.3) is 0 Å². The topological polar surface area (TPSA) is 78.4 Å². The lowest BCUT2D eigenvalue weighted by Crippen LogP contribution is -2.45. The zero-order valence-corrected chi connectivity index (χ0v) is 13.0. The van der Waals surface area contributed by atoms with Gasteiger partial charge in [0, 0.05) is 35.4 Å². The van der Waals surface area contributed by atoms with Gasteiger partial charge in [-0.1, -0.05) is 13.3 Å². The number of hydrogen-bond donors (Lipinski definition) is 3. The highest BCUT2D eigenvalue weighted by molar-refractivity contribution is 7.08. The molecule has 1 aliphatic rings. The lowest BCUT2D eigenvalue weighted by molar-refractivity contribution is -0.122. The maximum absolute atomic E-state index is 11.9. The highest BCUT2D eigenvalue weighted by Gasteiger charge is 2.38. The Balaban J connectivity index is 1.72. The first-order valence-corrected chi connectivity index (χ1v) is 8.20. The van der Waals surface area contributed by atoms with Crippen LogP contribution in [0.2, 0.25) is 0 Å². The van der Waals surface area contributed by atoms with E-state index in [0.717, 1.165) is 19.3 Å². The molecule has 2 unspecified atom stereocenters. The van der Waals surface area contributed by atoms with Gasteiger partial charge in [0.05, 0.1) is 6.61 Å². The summed E-state index contributed by atoms with van der Waals surface area (Å²) in [5.74, 6) is -0.225. The largest absolute Gasteiger partial charge is 0.396 e. The number of amides is 2. The van der Waals surface area contributed by atoms with Crippen LogP contribution in [-0.4, -0.2) is 36.1 Å². The van der Waals surface area contributed by atoms with Gasteiger partial charge in [-0.15, -0.1) is 0 Å². The summed E-state index contributed by atoms with van der Waals surface area (Å²) in [6.07, 6.45) is 3.12. The zero-order chi connectivity index (χ0) is 15.3. The Bertz CT molecular complexity index is 489. The van der Waals surface area contributed by atoms with E-state index in [1.54, 1.807) is 11.4 Å². The first kappa shape index (κ1) is 16.0. The third-order valence-corrected chi connectivity index (χ3v) is 4.88. The second-order valence-corrected chi connectivity index (χ2v) is 6.62. The molecule has 1 aliphatic carbocycles. The van der Waals surface area contributed by atoms with Crippen LogP contribution in [0.5, 0.6) is 0 Å². The monoisotopic (exact) mass is 310 g/mol. The second-order valence-electron chi connectivity index (χ2n) is 5.84. The van der Waals surface area contributed by atoms with Crippen molar-refractivity contribution in [3.63, 3.8) is 0 Å². The fourth-order valence-corrected chi connectivity index (χ4v) is 3.36. The molecule has 0 spiro atoms. The van der Waals surface area contributed by atoms with E-state index in [9.17, 15) is 14.7 Å². The molecule has 5 nitrogen and oxygen atoms in total. The minimum Gasteiger partial charge on any atom is -0.396 e. The van der Waals surface area contributed by atoms with Gasteiger partial charge in [-0.05, 0) is 24.3 Å². The number of hydrogen-bond acceptors (Lipinski definition) is 4. The van der Waals surface area contributed by atoms with Crippen molar-refractivity contribution in [3.8, 4) is 0 Å². The molecule has 1 saturated carbocycles. The second kappa shape index (κ2) is 7.04. The molecule has 21 heavy (non-hydrogen) atoms. The summed E-state index contributed by atoms with van der Waals surface area (Å²) in [6.45, 7) is 2.42. The molecule has 1 heterocycles. The first-order chi connectivity index (χ1) is 10.0. The van der Waals surface area contributed by atoms with Crippen molar-refractivity contribution in [2.75, 3.05) is 13.2 Å². The van der Waals surface area contributed by atoms with Crippen molar-refractivity contribution in [1.29, 1.82) is 0 Å². The van der Waals surface area contributed by atoms with E-state index in [1.165, 1.54) is 11.3 Å². The van der Waals surface area contributed by atoms with Crippen LogP contribution in [0.4, 0.5) is 0 Å². The summed E-state index contributed by atoms with van der Waals surface area (Å²) in [5, 5.41) is 18.8. The third kappa shape index (κ3) is 4.04. The van der Waals surface area contributed by atoms with Crippen molar-refractivity contribution < 1.29 is 14.7 Å². The lowest BCUT2D eigenvalue weighted by atomic mass is 9.86.